The number of hydrogen-bond acceptors (Lipinski definition) is 5. The molecule has 0 atom stereocenters. The molecule has 0 bridgehead atoms. The van der Waals surface area contributed by atoms with Crippen LogP contribution in [0, 0.1) is 0 Å². The first-order valence-electron chi connectivity index (χ1n) is 9.21. The van der Waals surface area contributed by atoms with Gasteiger partial charge in [-0.25, -0.2) is 8.42 Å². The zero-order valence-corrected chi connectivity index (χ0v) is 18.8. The summed E-state index contributed by atoms with van der Waals surface area (Å²) in [7, 11) is -0.221. The minimum Gasteiger partial charge on any atom is -0.493 e. The van der Waals surface area contributed by atoms with E-state index in [1.54, 1.807) is 20.3 Å². The highest BCUT2D eigenvalue weighted by Gasteiger charge is 2.11. The minimum absolute atomic E-state index is 0.0137. The van der Waals surface area contributed by atoms with Crippen LogP contribution in [0.4, 0.5) is 5.69 Å². The predicted molar refractivity (Wildman–Crippen MR) is 119 cm³/mol. The van der Waals surface area contributed by atoms with Gasteiger partial charge in [0.25, 0.3) is 0 Å². The van der Waals surface area contributed by atoms with Crippen LogP contribution in [0.5, 0.6) is 11.5 Å². The lowest BCUT2D eigenvalue weighted by Gasteiger charge is -2.10. The molecule has 0 aliphatic rings. The lowest BCUT2D eigenvalue weighted by Crippen LogP contribution is -2.23. The Balaban J connectivity index is 1.66. The number of halogens is 2. The van der Waals surface area contributed by atoms with Crippen molar-refractivity contribution in [1.82, 2.24) is 5.32 Å². The fourth-order valence-electron chi connectivity index (χ4n) is 2.81. The van der Waals surface area contributed by atoms with E-state index < -0.39 is 10.0 Å². The van der Waals surface area contributed by atoms with Gasteiger partial charge in [-0.2, -0.15) is 0 Å². The summed E-state index contributed by atoms with van der Waals surface area (Å²) in [4.78, 5) is 0. The topological polar surface area (TPSA) is 76.7 Å². The zero-order valence-electron chi connectivity index (χ0n) is 16.5. The molecule has 0 radical (unpaired) electrons. The Labute approximate surface area is 182 Å². The molecular formula is C20H26Cl2N2O4S. The number of anilines is 1. The van der Waals surface area contributed by atoms with Gasteiger partial charge in [-0.3, -0.25) is 4.72 Å². The second kappa shape index (κ2) is 11.5. The monoisotopic (exact) mass is 460 g/mol. The quantitative estimate of drug-likeness (QED) is 0.460. The van der Waals surface area contributed by atoms with Crippen LogP contribution in [0.25, 0.3) is 0 Å². The van der Waals surface area contributed by atoms with E-state index in [0.717, 1.165) is 30.7 Å². The van der Waals surface area contributed by atoms with Gasteiger partial charge in [0.2, 0.25) is 10.0 Å². The average molecular weight is 461 g/mol. The number of aryl methyl sites for hydroxylation is 1. The molecular weight excluding hydrogens is 435 g/mol. The fourth-order valence-corrected chi connectivity index (χ4v) is 4.44. The molecule has 0 spiro atoms. The summed E-state index contributed by atoms with van der Waals surface area (Å²) in [5.74, 6) is 1.45. The zero-order chi connectivity index (χ0) is 21.3. The first-order chi connectivity index (χ1) is 13.8. The normalized spacial score (nSPS) is 11.3. The average Bonchev–Trinajstić information content (AvgIpc) is 2.65. The van der Waals surface area contributed by atoms with Crippen LogP contribution in [-0.2, 0) is 16.4 Å². The van der Waals surface area contributed by atoms with Crippen molar-refractivity contribution in [3.63, 3.8) is 0 Å². The van der Waals surface area contributed by atoms with Gasteiger partial charge >= 0.3 is 0 Å². The second-order valence-electron chi connectivity index (χ2n) is 6.48. The molecule has 29 heavy (non-hydrogen) atoms. The summed E-state index contributed by atoms with van der Waals surface area (Å²) in [6, 6.07) is 10.5. The molecule has 0 unspecified atom stereocenters. The third-order valence-electron chi connectivity index (χ3n) is 4.17. The van der Waals surface area contributed by atoms with E-state index in [0.29, 0.717) is 34.4 Å². The van der Waals surface area contributed by atoms with Gasteiger partial charge in [0.1, 0.15) is 0 Å². The Morgan fingerprint density at radius 2 is 1.55 bits per heavy atom. The van der Waals surface area contributed by atoms with Crippen LogP contribution in [0.15, 0.2) is 36.4 Å². The fraction of sp³-hybridized carbons (Fsp3) is 0.400. The summed E-state index contributed by atoms with van der Waals surface area (Å²) in [6.07, 6.45) is 2.32. The summed E-state index contributed by atoms with van der Waals surface area (Å²) < 4.78 is 37.4. The van der Waals surface area contributed by atoms with E-state index in [9.17, 15) is 8.42 Å². The minimum atomic E-state index is -3.45. The molecule has 2 aromatic carbocycles. The van der Waals surface area contributed by atoms with Crippen LogP contribution < -0.4 is 19.5 Å². The van der Waals surface area contributed by atoms with Gasteiger partial charge in [0.15, 0.2) is 11.5 Å². The maximum absolute atomic E-state index is 12.2. The predicted octanol–water partition coefficient (Wildman–Crippen LogP) is 4.36. The van der Waals surface area contributed by atoms with Gasteiger partial charge in [-0.1, -0.05) is 29.3 Å². The Kier molecular flexibility index (Phi) is 9.36. The third-order valence-corrected chi connectivity index (χ3v) is 5.98. The highest BCUT2D eigenvalue weighted by Crippen LogP contribution is 2.28. The number of ether oxygens (including phenoxy) is 2. The molecule has 0 aliphatic carbocycles. The Morgan fingerprint density at radius 3 is 2.21 bits per heavy atom. The maximum Gasteiger partial charge on any atom is 0.232 e. The van der Waals surface area contributed by atoms with Gasteiger partial charge in [0, 0.05) is 10.0 Å². The molecule has 2 rings (SSSR count). The molecule has 0 heterocycles. The second-order valence-corrected chi connectivity index (χ2v) is 9.19. The molecule has 0 aliphatic heterocycles. The van der Waals surface area contributed by atoms with Crippen molar-refractivity contribution in [2.24, 2.45) is 0 Å². The summed E-state index contributed by atoms with van der Waals surface area (Å²) in [5.41, 5.74) is 1.53. The lowest BCUT2D eigenvalue weighted by atomic mass is 10.1. The summed E-state index contributed by atoms with van der Waals surface area (Å²) in [6.45, 7) is 1.41. The lowest BCUT2D eigenvalue weighted by molar-refractivity contribution is 0.354. The number of nitrogens with one attached hydrogen (secondary N) is 2. The van der Waals surface area contributed by atoms with Gasteiger partial charge < -0.3 is 14.8 Å². The molecule has 0 saturated heterocycles. The van der Waals surface area contributed by atoms with Gasteiger partial charge in [-0.15, -0.1) is 0 Å². The SMILES string of the molecule is COc1ccc(CCCNCCCS(=O)(=O)Nc2cc(Cl)cc(Cl)c2)cc1OC. The number of sulfonamides is 1. The highest BCUT2D eigenvalue weighted by atomic mass is 35.5. The molecule has 0 aromatic heterocycles. The van der Waals surface area contributed by atoms with Crippen molar-refractivity contribution in [3.05, 3.63) is 52.0 Å². The molecule has 0 saturated carbocycles. The van der Waals surface area contributed by atoms with E-state index >= 15 is 0 Å². The van der Waals surface area contributed by atoms with Gasteiger partial charge in [0.05, 0.1) is 25.7 Å². The Bertz CT molecular complexity index is 887. The van der Waals surface area contributed by atoms with Crippen LogP contribution in [0.1, 0.15) is 18.4 Å². The van der Waals surface area contributed by atoms with Crippen LogP contribution in [0.2, 0.25) is 10.0 Å². The van der Waals surface area contributed by atoms with Crippen molar-refractivity contribution in [2.45, 2.75) is 19.3 Å². The first-order valence-corrected chi connectivity index (χ1v) is 11.6. The molecule has 0 fully saturated rings. The Morgan fingerprint density at radius 1 is 0.897 bits per heavy atom. The first kappa shape index (κ1) is 23.6. The number of methoxy groups -OCH3 is 2. The molecule has 0 amide bonds. The van der Waals surface area contributed by atoms with Crippen molar-refractivity contribution >= 4 is 38.9 Å². The smallest absolute Gasteiger partial charge is 0.232 e. The molecule has 6 nitrogen and oxygen atoms in total. The third kappa shape index (κ3) is 8.30. The van der Waals surface area contributed by atoms with Crippen LogP contribution in [-0.4, -0.2) is 41.5 Å². The molecule has 9 heteroatoms. The molecule has 2 aromatic rings. The van der Waals surface area contributed by atoms with E-state index in [-0.39, 0.29) is 5.75 Å². The Hall–Kier alpha value is -1.67. The highest BCUT2D eigenvalue weighted by molar-refractivity contribution is 7.92. The van der Waals surface area contributed by atoms with Crippen LogP contribution in [0.3, 0.4) is 0 Å². The summed E-state index contributed by atoms with van der Waals surface area (Å²) >= 11 is 11.8. The van der Waals surface area contributed by atoms with Gasteiger partial charge in [-0.05, 0) is 68.2 Å². The number of benzene rings is 2. The van der Waals surface area contributed by atoms with E-state index in [1.165, 1.54) is 12.1 Å². The standard InChI is InChI=1S/C20H26Cl2N2O4S/c1-27-19-7-6-15(11-20(19)28-2)5-3-8-23-9-4-10-29(25,26)24-18-13-16(21)12-17(22)14-18/h6-7,11-14,23-24H,3-5,8-10H2,1-2H3. The van der Waals surface area contributed by atoms with E-state index in [2.05, 4.69) is 10.0 Å². The van der Waals surface area contributed by atoms with Crippen LogP contribution >= 0.6 is 23.2 Å². The van der Waals surface area contributed by atoms with E-state index in [4.69, 9.17) is 32.7 Å². The number of rotatable bonds is 12. The van der Waals surface area contributed by atoms with Crippen molar-refractivity contribution < 1.29 is 17.9 Å². The van der Waals surface area contributed by atoms with Crippen molar-refractivity contribution in [3.8, 4) is 11.5 Å². The summed E-state index contributed by atoms with van der Waals surface area (Å²) in [5, 5.41) is 4.03. The van der Waals surface area contributed by atoms with E-state index in [1.807, 2.05) is 18.2 Å². The number of hydrogen-bond donors (Lipinski definition) is 2. The van der Waals surface area contributed by atoms with Crippen molar-refractivity contribution in [1.29, 1.82) is 0 Å². The van der Waals surface area contributed by atoms with Crippen molar-refractivity contribution in [2.75, 3.05) is 37.8 Å². The molecule has 160 valence electrons. The largest absolute Gasteiger partial charge is 0.493 e. The molecule has 2 N–H and O–H groups in total. The maximum atomic E-state index is 12.2.